The van der Waals surface area contributed by atoms with Gasteiger partial charge in [0.2, 0.25) is 0 Å². The van der Waals surface area contributed by atoms with Crippen LogP contribution < -0.4 is 11.0 Å². The van der Waals surface area contributed by atoms with Crippen molar-refractivity contribution in [1.29, 1.82) is 0 Å². The number of benzene rings is 1. The Morgan fingerprint density at radius 1 is 1.15 bits per heavy atom. The van der Waals surface area contributed by atoms with Gasteiger partial charge in [0.25, 0.3) is 0 Å². The van der Waals surface area contributed by atoms with Crippen molar-refractivity contribution in [2.75, 3.05) is 6.54 Å². The zero-order valence-electron chi connectivity index (χ0n) is 12.6. The SMILES string of the molecule is CC(C)CCNCc1ccc2c(c1)n(C)c(=O)n2C.Cl. The highest BCUT2D eigenvalue weighted by Crippen LogP contribution is 2.13. The molecule has 1 heterocycles. The summed E-state index contributed by atoms with van der Waals surface area (Å²) < 4.78 is 3.39. The first-order valence-electron chi connectivity index (χ1n) is 6.85. The molecule has 0 fully saturated rings. The molecule has 1 aromatic carbocycles. The van der Waals surface area contributed by atoms with Crippen molar-refractivity contribution in [3.05, 3.63) is 34.2 Å². The topological polar surface area (TPSA) is 39.0 Å². The third-order valence-corrected chi connectivity index (χ3v) is 3.56. The Morgan fingerprint density at radius 2 is 1.80 bits per heavy atom. The van der Waals surface area contributed by atoms with Crippen LogP contribution in [0.15, 0.2) is 23.0 Å². The molecule has 0 aliphatic heterocycles. The first kappa shape index (κ1) is 16.8. The van der Waals surface area contributed by atoms with Gasteiger partial charge >= 0.3 is 5.69 Å². The first-order valence-corrected chi connectivity index (χ1v) is 6.85. The average Bonchev–Trinajstić information content (AvgIpc) is 2.60. The van der Waals surface area contributed by atoms with E-state index in [2.05, 4.69) is 31.3 Å². The molecular weight excluding hydrogens is 274 g/mol. The zero-order chi connectivity index (χ0) is 14.0. The molecule has 0 amide bonds. The number of rotatable bonds is 5. The zero-order valence-corrected chi connectivity index (χ0v) is 13.5. The van der Waals surface area contributed by atoms with Gasteiger partial charge in [0.15, 0.2) is 0 Å². The van der Waals surface area contributed by atoms with Gasteiger partial charge in [0, 0.05) is 20.6 Å². The van der Waals surface area contributed by atoms with Gasteiger partial charge in [-0.3, -0.25) is 9.13 Å². The van der Waals surface area contributed by atoms with E-state index in [9.17, 15) is 4.79 Å². The molecule has 0 aliphatic carbocycles. The first-order chi connectivity index (χ1) is 9.00. The Balaban J connectivity index is 0.00000200. The monoisotopic (exact) mass is 297 g/mol. The van der Waals surface area contributed by atoms with Gasteiger partial charge in [0.1, 0.15) is 0 Å². The molecule has 0 saturated carbocycles. The van der Waals surface area contributed by atoms with Crippen molar-refractivity contribution in [3.8, 4) is 0 Å². The van der Waals surface area contributed by atoms with Crippen molar-refractivity contribution in [2.45, 2.75) is 26.8 Å². The van der Waals surface area contributed by atoms with E-state index in [1.807, 2.05) is 20.2 Å². The summed E-state index contributed by atoms with van der Waals surface area (Å²) in [7, 11) is 3.63. The molecule has 4 nitrogen and oxygen atoms in total. The third-order valence-electron chi connectivity index (χ3n) is 3.56. The van der Waals surface area contributed by atoms with E-state index in [0.29, 0.717) is 0 Å². The van der Waals surface area contributed by atoms with Gasteiger partial charge in [-0.25, -0.2) is 4.79 Å². The Kier molecular flexibility index (Phi) is 5.84. The van der Waals surface area contributed by atoms with E-state index in [0.717, 1.165) is 30.0 Å². The summed E-state index contributed by atoms with van der Waals surface area (Å²) in [5, 5.41) is 3.44. The summed E-state index contributed by atoms with van der Waals surface area (Å²) in [4.78, 5) is 11.8. The van der Waals surface area contributed by atoms with Gasteiger partial charge in [0.05, 0.1) is 11.0 Å². The van der Waals surface area contributed by atoms with Crippen molar-refractivity contribution >= 4 is 23.4 Å². The second-order valence-corrected chi connectivity index (χ2v) is 5.58. The summed E-state index contributed by atoms with van der Waals surface area (Å²) in [6.45, 7) is 6.34. The molecule has 0 saturated heterocycles. The number of imidazole rings is 1. The quantitative estimate of drug-likeness (QED) is 0.861. The maximum absolute atomic E-state index is 11.8. The lowest BCUT2D eigenvalue weighted by Crippen LogP contribution is -2.19. The second-order valence-electron chi connectivity index (χ2n) is 5.58. The molecule has 20 heavy (non-hydrogen) atoms. The third kappa shape index (κ3) is 3.44. The molecule has 5 heteroatoms. The lowest BCUT2D eigenvalue weighted by Gasteiger charge is -2.07. The van der Waals surface area contributed by atoms with Gasteiger partial charge in [-0.1, -0.05) is 19.9 Å². The van der Waals surface area contributed by atoms with E-state index in [1.54, 1.807) is 9.13 Å². The van der Waals surface area contributed by atoms with Crippen molar-refractivity contribution in [1.82, 2.24) is 14.5 Å². The second kappa shape index (κ2) is 6.95. The number of aryl methyl sites for hydroxylation is 2. The molecule has 0 unspecified atom stereocenters. The van der Waals surface area contributed by atoms with Crippen LogP contribution in [0.2, 0.25) is 0 Å². The molecule has 112 valence electrons. The van der Waals surface area contributed by atoms with Crippen LogP contribution in [-0.2, 0) is 20.6 Å². The highest BCUT2D eigenvalue weighted by atomic mass is 35.5. The van der Waals surface area contributed by atoms with Crippen molar-refractivity contribution < 1.29 is 0 Å². The number of halogens is 1. The maximum atomic E-state index is 11.8. The van der Waals surface area contributed by atoms with Gasteiger partial charge in [-0.15, -0.1) is 12.4 Å². The Hall–Kier alpha value is -1.26. The molecule has 1 aromatic heterocycles. The van der Waals surface area contributed by atoms with E-state index in [4.69, 9.17) is 0 Å². The summed E-state index contributed by atoms with van der Waals surface area (Å²) in [5.41, 5.74) is 3.23. The fourth-order valence-corrected chi connectivity index (χ4v) is 2.29. The minimum atomic E-state index is 0. The van der Waals surface area contributed by atoms with Crippen LogP contribution in [0.5, 0.6) is 0 Å². The highest BCUT2D eigenvalue weighted by Gasteiger charge is 2.07. The average molecular weight is 298 g/mol. The van der Waals surface area contributed by atoms with Crippen LogP contribution in [0.4, 0.5) is 0 Å². The molecule has 0 atom stereocenters. The van der Waals surface area contributed by atoms with E-state index in [-0.39, 0.29) is 18.1 Å². The Bertz CT molecular complexity index is 628. The number of hydrogen-bond donors (Lipinski definition) is 1. The molecule has 2 rings (SSSR count). The van der Waals surface area contributed by atoms with Crippen LogP contribution >= 0.6 is 12.4 Å². The fourth-order valence-electron chi connectivity index (χ4n) is 2.29. The van der Waals surface area contributed by atoms with Crippen LogP contribution in [0.3, 0.4) is 0 Å². The predicted molar refractivity (Wildman–Crippen MR) is 86.6 cm³/mol. The van der Waals surface area contributed by atoms with Crippen molar-refractivity contribution in [3.63, 3.8) is 0 Å². The highest BCUT2D eigenvalue weighted by molar-refractivity contribution is 5.85. The summed E-state index contributed by atoms with van der Waals surface area (Å²) in [6, 6.07) is 6.21. The van der Waals surface area contributed by atoms with Crippen molar-refractivity contribution in [2.24, 2.45) is 20.0 Å². The minimum Gasteiger partial charge on any atom is -0.313 e. The van der Waals surface area contributed by atoms with Gasteiger partial charge < -0.3 is 5.32 Å². The summed E-state index contributed by atoms with van der Waals surface area (Å²) in [6.07, 6.45) is 1.19. The van der Waals surface area contributed by atoms with Gasteiger partial charge in [-0.2, -0.15) is 0 Å². The van der Waals surface area contributed by atoms with Gasteiger partial charge in [-0.05, 0) is 36.6 Å². The predicted octanol–water partition coefficient (Wildman–Crippen LogP) is 2.43. The van der Waals surface area contributed by atoms with E-state index < -0.39 is 0 Å². The maximum Gasteiger partial charge on any atom is 0.328 e. The normalized spacial score (nSPS) is 11.1. The fraction of sp³-hybridized carbons (Fsp3) is 0.533. The Labute approximate surface area is 126 Å². The smallest absolute Gasteiger partial charge is 0.313 e. The standard InChI is InChI=1S/C15H23N3O.ClH/c1-11(2)7-8-16-10-12-5-6-13-14(9-12)18(4)15(19)17(13)3;/h5-6,9,11,16H,7-8,10H2,1-4H3;1H. The number of nitrogens with zero attached hydrogens (tertiary/aromatic N) is 2. The van der Waals surface area contributed by atoms with Crippen LogP contribution in [0, 0.1) is 5.92 Å². The van der Waals surface area contributed by atoms with Crippen LogP contribution in [0.1, 0.15) is 25.8 Å². The lowest BCUT2D eigenvalue weighted by atomic mass is 10.1. The van der Waals surface area contributed by atoms with Crippen LogP contribution in [-0.4, -0.2) is 15.7 Å². The minimum absolute atomic E-state index is 0. The molecule has 0 radical (unpaired) electrons. The van der Waals surface area contributed by atoms with E-state index >= 15 is 0 Å². The summed E-state index contributed by atoms with van der Waals surface area (Å²) in [5.74, 6) is 0.727. The molecular formula is C15H24ClN3O. The summed E-state index contributed by atoms with van der Waals surface area (Å²) >= 11 is 0. The Morgan fingerprint density at radius 3 is 2.45 bits per heavy atom. The lowest BCUT2D eigenvalue weighted by molar-refractivity contribution is 0.537. The number of fused-ring (bicyclic) bond motifs is 1. The van der Waals surface area contributed by atoms with Crippen LogP contribution in [0.25, 0.3) is 11.0 Å². The molecule has 2 aromatic rings. The molecule has 0 spiro atoms. The largest absolute Gasteiger partial charge is 0.328 e. The number of hydrogen-bond acceptors (Lipinski definition) is 2. The number of nitrogens with one attached hydrogen (secondary N) is 1. The molecule has 0 bridgehead atoms. The molecule has 1 N–H and O–H groups in total. The van der Waals surface area contributed by atoms with E-state index in [1.165, 1.54) is 12.0 Å². The molecule has 0 aliphatic rings. The number of aromatic nitrogens is 2.